The predicted octanol–water partition coefficient (Wildman–Crippen LogP) is 2.50. The third-order valence-corrected chi connectivity index (χ3v) is 6.72. The van der Waals surface area contributed by atoms with Crippen LogP contribution >= 0.6 is 23.1 Å². The van der Waals surface area contributed by atoms with Crippen molar-refractivity contribution in [3.05, 3.63) is 11.6 Å². The molecule has 0 saturated carbocycles. The number of rotatable bonds is 5. The van der Waals surface area contributed by atoms with Crippen molar-refractivity contribution < 1.29 is 4.79 Å². The van der Waals surface area contributed by atoms with E-state index in [1.165, 1.54) is 12.8 Å². The van der Waals surface area contributed by atoms with Crippen LogP contribution in [0.3, 0.4) is 0 Å². The quantitative estimate of drug-likeness (QED) is 0.661. The number of nitrogens with one attached hydrogen (secondary N) is 1. The summed E-state index contributed by atoms with van der Waals surface area (Å²) < 4.78 is 1.11. The monoisotopic (exact) mass is 340 g/mol. The second-order valence-corrected chi connectivity index (χ2v) is 8.25. The zero-order chi connectivity index (χ0) is 15.4. The van der Waals surface area contributed by atoms with Crippen LogP contribution in [0.2, 0.25) is 0 Å². The molecular formula is C15H24N4OS2. The van der Waals surface area contributed by atoms with E-state index in [9.17, 15) is 4.79 Å². The summed E-state index contributed by atoms with van der Waals surface area (Å²) in [5.41, 5.74) is 0. The number of nitrogens with zero attached hydrogens (tertiary/aromatic N) is 3. The van der Waals surface area contributed by atoms with Gasteiger partial charge in [0.25, 0.3) is 0 Å². The topological polar surface area (TPSA) is 48.5 Å². The lowest BCUT2D eigenvalue weighted by Crippen LogP contribution is -2.45. The molecule has 7 heteroatoms. The van der Waals surface area contributed by atoms with Crippen molar-refractivity contribution in [2.45, 2.75) is 42.1 Å². The number of aromatic nitrogens is 1. The van der Waals surface area contributed by atoms with Crippen molar-refractivity contribution >= 4 is 29.1 Å². The Balaban J connectivity index is 1.35. The van der Waals surface area contributed by atoms with Gasteiger partial charge in [0.05, 0.1) is 0 Å². The molecule has 0 radical (unpaired) electrons. The van der Waals surface area contributed by atoms with E-state index in [0.717, 1.165) is 42.6 Å². The fourth-order valence-electron chi connectivity index (χ4n) is 3.31. The minimum Gasteiger partial charge on any atom is -0.338 e. The minimum atomic E-state index is 0.111. The van der Waals surface area contributed by atoms with Crippen LogP contribution in [0.4, 0.5) is 4.79 Å². The molecule has 1 N–H and O–H groups in total. The number of likely N-dealkylation sites (tertiary alicyclic amines) is 1. The third kappa shape index (κ3) is 3.94. The first kappa shape index (κ1) is 16.1. The molecule has 1 aromatic rings. The highest BCUT2D eigenvalue weighted by atomic mass is 32.2. The molecule has 0 aliphatic carbocycles. The summed E-state index contributed by atoms with van der Waals surface area (Å²) in [5.74, 6) is 1.00. The van der Waals surface area contributed by atoms with E-state index in [1.54, 1.807) is 23.1 Å². The lowest BCUT2D eigenvalue weighted by Gasteiger charge is -2.26. The number of hydrogen-bond donors (Lipinski definition) is 1. The zero-order valence-electron chi connectivity index (χ0n) is 13.0. The normalized spacial score (nSPS) is 25.2. The van der Waals surface area contributed by atoms with E-state index in [2.05, 4.69) is 22.2 Å². The number of thiazole rings is 1. The Bertz CT molecular complexity index is 482. The Morgan fingerprint density at radius 2 is 2.32 bits per heavy atom. The van der Waals surface area contributed by atoms with Crippen molar-refractivity contribution in [1.82, 2.24) is 20.1 Å². The molecule has 5 nitrogen and oxygen atoms in total. The SMILES string of the molecule is CN1C2CCC1CN(C(=O)NCCCSc1nccs1)CC2. The van der Waals surface area contributed by atoms with Crippen LogP contribution in [0, 0.1) is 0 Å². The van der Waals surface area contributed by atoms with Gasteiger partial charge in [0.1, 0.15) is 4.34 Å². The van der Waals surface area contributed by atoms with E-state index in [0.29, 0.717) is 12.1 Å². The first-order valence-corrected chi connectivity index (χ1v) is 9.87. The highest BCUT2D eigenvalue weighted by Gasteiger charge is 2.35. The van der Waals surface area contributed by atoms with E-state index in [4.69, 9.17) is 0 Å². The van der Waals surface area contributed by atoms with Crippen molar-refractivity contribution in [2.75, 3.05) is 32.4 Å². The second-order valence-electron chi connectivity index (χ2n) is 6.02. The van der Waals surface area contributed by atoms with Gasteiger partial charge in [0.15, 0.2) is 0 Å². The maximum absolute atomic E-state index is 12.3. The van der Waals surface area contributed by atoms with Gasteiger partial charge >= 0.3 is 6.03 Å². The number of likely N-dealkylation sites (N-methyl/N-ethyl adjacent to an activating group) is 1. The largest absolute Gasteiger partial charge is 0.338 e. The summed E-state index contributed by atoms with van der Waals surface area (Å²) in [6.07, 6.45) is 6.45. The average molecular weight is 341 g/mol. The molecule has 2 unspecified atom stereocenters. The van der Waals surface area contributed by atoms with Crippen LogP contribution in [0.5, 0.6) is 0 Å². The highest BCUT2D eigenvalue weighted by molar-refractivity contribution is 8.00. The summed E-state index contributed by atoms with van der Waals surface area (Å²) in [4.78, 5) is 21.0. The van der Waals surface area contributed by atoms with Crippen LogP contribution in [0.15, 0.2) is 15.9 Å². The predicted molar refractivity (Wildman–Crippen MR) is 91.6 cm³/mol. The molecule has 2 aliphatic rings. The molecule has 2 amide bonds. The first-order valence-electron chi connectivity index (χ1n) is 8.01. The van der Waals surface area contributed by atoms with Crippen LogP contribution in [-0.2, 0) is 0 Å². The van der Waals surface area contributed by atoms with Gasteiger partial charge in [-0.1, -0.05) is 11.8 Å². The molecule has 2 fully saturated rings. The molecule has 1 aromatic heterocycles. The highest BCUT2D eigenvalue weighted by Crippen LogP contribution is 2.28. The summed E-state index contributed by atoms with van der Waals surface area (Å²) in [7, 11) is 2.21. The van der Waals surface area contributed by atoms with Gasteiger partial charge in [0.2, 0.25) is 0 Å². The molecule has 3 rings (SSSR count). The van der Waals surface area contributed by atoms with Crippen LogP contribution in [-0.4, -0.2) is 65.3 Å². The van der Waals surface area contributed by atoms with Gasteiger partial charge in [0, 0.05) is 49.0 Å². The Kier molecular flexibility index (Phi) is 5.60. The maximum Gasteiger partial charge on any atom is 0.317 e. The lowest BCUT2D eigenvalue weighted by atomic mass is 10.1. The number of urea groups is 1. The van der Waals surface area contributed by atoms with E-state index in [1.807, 2.05) is 16.5 Å². The summed E-state index contributed by atoms with van der Waals surface area (Å²) in [5, 5.41) is 5.07. The van der Waals surface area contributed by atoms with Gasteiger partial charge in [-0.3, -0.25) is 4.90 Å². The maximum atomic E-state index is 12.3. The fraction of sp³-hybridized carbons (Fsp3) is 0.733. The van der Waals surface area contributed by atoms with E-state index in [-0.39, 0.29) is 6.03 Å². The average Bonchev–Trinajstić information content (AvgIpc) is 3.07. The molecule has 0 aromatic carbocycles. The standard InChI is InChI=1S/C15H24N4OS2/c1-18-12-3-4-13(18)11-19(8-5-12)14(20)16-6-2-9-21-15-17-7-10-22-15/h7,10,12-13H,2-6,8-9,11H2,1H3,(H,16,20). The molecular weight excluding hydrogens is 316 g/mol. The van der Waals surface area contributed by atoms with Gasteiger partial charge in [-0.05, 0) is 32.7 Å². The van der Waals surface area contributed by atoms with E-state index >= 15 is 0 Å². The zero-order valence-corrected chi connectivity index (χ0v) is 14.7. The Morgan fingerprint density at radius 3 is 3.14 bits per heavy atom. The van der Waals surface area contributed by atoms with Gasteiger partial charge < -0.3 is 10.2 Å². The number of fused-ring (bicyclic) bond motifs is 2. The first-order chi connectivity index (χ1) is 10.7. The summed E-state index contributed by atoms with van der Waals surface area (Å²) in [6.45, 7) is 2.52. The van der Waals surface area contributed by atoms with Crippen LogP contribution < -0.4 is 5.32 Å². The molecule has 2 saturated heterocycles. The Hall–Kier alpha value is -0.790. The number of amides is 2. The summed E-state index contributed by atoms with van der Waals surface area (Å²) >= 11 is 3.43. The van der Waals surface area contributed by atoms with E-state index < -0.39 is 0 Å². The number of carbonyl (C=O) groups excluding carboxylic acids is 1. The molecule has 22 heavy (non-hydrogen) atoms. The molecule has 2 aliphatic heterocycles. The Morgan fingerprint density at radius 1 is 1.45 bits per heavy atom. The van der Waals surface area contributed by atoms with Gasteiger partial charge in [-0.25, -0.2) is 9.78 Å². The van der Waals surface area contributed by atoms with Crippen LogP contribution in [0.1, 0.15) is 25.7 Å². The van der Waals surface area contributed by atoms with Gasteiger partial charge in [-0.15, -0.1) is 11.3 Å². The molecule has 2 bridgehead atoms. The number of carbonyl (C=O) groups is 1. The van der Waals surface area contributed by atoms with Crippen molar-refractivity contribution in [3.63, 3.8) is 0 Å². The second kappa shape index (κ2) is 7.66. The van der Waals surface area contributed by atoms with Crippen molar-refractivity contribution in [3.8, 4) is 0 Å². The minimum absolute atomic E-state index is 0.111. The lowest BCUT2D eigenvalue weighted by molar-refractivity contribution is 0.188. The smallest absolute Gasteiger partial charge is 0.317 e. The van der Waals surface area contributed by atoms with Crippen molar-refractivity contribution in [2.24, 2.45) is 0 Å². The molecule has 122 valence electrons. The van der Waals surface area contributed by atoms with Crippen LogP contribution in [0.25, 0.3) is 0 Å². The van der Waals surface area contributed by atoms with Gasteiger partial charge in [-0.2, -0.15) is 0 Å². The molecule has 3 heterocycles. The third-order valence-electron chi connectivity index (χ3n) is 4.67. The molecule has 2 atom stereocenters. The number of thioether (sulfide) groups is 1. The fourth-order valence-corrected chi connectivity index (χ4v) is 4.96. The molecule has 0 spiro atoms. The number of hydrogen-bond acceptors (Lipinski definition) is 5. The Labute approximate surface area is 140 Å². The summed E-state index contributed by atoms with van der Waals surface area (Å²) in [6, 6.07) is 1.34. The van der Waals surface area contributed by atoms with Crippen molar-refractivity contribution in [1.29, 1.82) is 0 Å².